The molecule has 0 unspecified atom stereocenters. The smallest absolute Gasteiger partial charge is 0.158 e. The number of halogens is 1. The van der Waals surface area contributed by atoms with Crippen molar-refractivity contribution in [1.29, 1.82) is 0 Å². The van der Waals surface area contributed by atoms with Crippen molar-refractivity contribution in [2.75, 3.05) is 11.4 Å². The molecule has 2 heterocycles. The minimum atomic E-state index is -0.0563. The van der Waals surface area contributed by atoms with Gasteiger partial charge in [-0.25, -0.2) is 4.63 Å². The third-order valence-corrected chi connectivity index (χ3v) is 3.80. The zero-order valence-electron chi connectivity index (χ0n) is 9.89. The quantitative estimate of drug-likeness (QED) is 0.853. The maximum absolute atomic E-state index is 11.7. The lowest BCUT2D eigenvalue weighted by Gasteiger charge is -2.24. The molecule has 3 rings (SSSR count). The van der Waals surface area contributed by atoms with Crippen LogP contribution in [0, 0.1) is 0 Å². The summed E-state index contributed by atoms with van der Waals surface area (Å²) in [6.07, 6.45) is 1.91. The van der Waals surface area contributed by atoms with Crippen LogP contribution in [0.3, 0.4) is 0 Å². The van der Waals surface area contributed by atoms with E-state index in [-0.39, 0.29) is 11.8 Å². The minimum absolute atomic E-state index is 0.0563. The Morgan fingerprint density at radius 1 is 1.50 bits per heavy atom. The van der Waals surface area contributed by atoms with Gasteiger partial charge in [-0.2, -0.15) is 0 Å². The van der Waals surface area contributed by atoms with Crippen LogP contribution in [0.5, 0.6) is 0 Å². The average molecular weight is 310 g/mol. The molecule has 5 nitrogen and oxygen atoms in total. The molecule has 18 heavy (non-hydrogen) atoms. The zero-order chi connectivity index (χ0) is 12.7. The molecule has 6 heteroatoms. The number of carbonyl (C=O) groups excluding carboxylic acids is 1. The molecule has 1 aliphatic heterocycles. The Morgan fingerprint density at radius 2 is 2.33 bits per heavy atom. The van der Waals surface area contributed by atoms with E-state index in [0.717, 1.165) is 29.5 Å². The molecule has 0 amide bonds. The van der Waals surface area contributed by atoms with E-state index >= 15 is 0 Å². The van der Waals surface area contributed by atoms with Gasteiger partial charge in [0.15, 0.2) is 11.3 Å². The van der Waals surface area contributed by atoms with Crippen LogP contribution in [0.15, 0.2) is 21.2 Å². The monoisotopic (exact) mass is 309 g/mol. The van der Waals surface area contributed by atoms with Crippen LogP contribution in [0.4, 0.5) is 5.69 Å². The number of hydrogen-bond acceptors (Lipinski definition) is 5. The highest BCUT2D eigenvalue weighted by atomic mass is 79.9. The number of fused-ring (bicyclic) bond motifs is 1. The Bertz CT molecular complexity index is 610. The normalized spacial score (nSPS) is 19.7. The van der Waals surface area contributed by atoms with E-state index in [1.54, 1.807) is 6.92 Å². The lowest BCUT2D eigenvalue weighted by atomic mass is 10.1. The van der Waals surface area contributed by atoms with Crippen molar-refractivity contribution in [2.45, 2.75) is 25.8 Å². The predicted octanol–water partition coefficient (Wildman–Crippen LogP) is 2.54. The molecule has 1 saturated heterocycles. The SMILES string of the molecule is CC(=O)[C@@H]1CCCN1c1cc(Br)cc2nonc12. The maximum Gasteiger partial charge on any atom is 0.158 e. The van der Waals surface area contributed by atoms with Gasteiger partial charge in [-0.15, -0.1) is 0 Å². The molecule has 1 aromatic carbocycles. The molecule has 0 radical (unpaired) electrons. The van der Waals surface area contributed by atoms with Crippen LogP contribution >= 0.6 is 15.9 Å². The summed E-state index contributed by atoms with van der Waals surface area (Å²) in [6, 6.07) is 3.77. The molecule has 1 aliphatic rings. The van der Waals surface area contributed by atoms with Gasteiger partial charge in [-0.1, -0.05) is 15.9 Å². The van der Waals surface area contributed by atoms with E-state index in [1.807, 2.05) is 12.1 Å². The minimum Gasteiger partial charge on any atom is -0.360 e. The largest absolute Gasteiger partial charge is 0.360 e. The number of aromatic nitrogens is 2. The summed E-state index contributed by atoms with van der Waals surface area (Å²) in [4.78, 5) is 13.8. The van der Waals surface area contributed by atoms with Crippen LogP contribution in [0.2, 0.25) is 0 Å². The number of nitrogens with zero attached hydrogens (tertiary/aromatic N) is 3. The number of anilines is 1. The van der Waals surface area contributed by atoms with Crippen LogP contribution in [-0.2, 0) is 4.79 Å². The molecular formula is C12H12BrN3O2. The molecule has 0 aliphatic carbocycles. The van der Waals surface area contributed by atoms with Crippen molar-refractivity contribution in [3.63, 3.8) is 0 Å². The number of Topliss-reactive ketones (excluding diaryl/α,β-unsaturated/α-hetero) is 1. The third kappa shape index (κ3) is 1.80. The first-order chi connectivity index (χ1) is 8.66. The topological polar surface area (TPSA) is 59.2 Å². The van der Waals surface area contributed by atoms with Crippen molar-refractivity contribution in [2.24, 2.45) is 0 Å². The fourth-order valence-corrected chi connectivity index (χ4v) is 2.97. The standard InChI is InChI=1S/C12H12BrN3O2/c1-7(17)10-3-2-4-16(10)11-6-8(13)5-9-12(11)15-18-14-9/h5-6,10H,2-4H2,1H3/t10-/m0/s1. The fourth-order valence-electron chi connectivity index (χ4n) is 2.54. The fraction of sp³-hybridized carbons (Fsp3) is 0.417. The van der Waals surface area contributed by atoms with E-state index in [4.69, 9.17) is 4.63 Å². The molecule has 1 atom stereocenters. The highest BCUT2D eigenvalue weighted by Gasteiger charge is 2.30. The summed E-state index contributed by atoms with van der Waals surface area (Å²) in [7, 11) is 0. The molecule has 94 valence electrons. The Labute approximate surface area is 112 Å². The van der Waals surface area contributed by atoms with Crippen molar-refractivity contribution >= 4 is 38.4 Å². The van der Waals surface area contributed by atoms with Gasteiger partial charge in [0.25, 0.3) is 0 Å². The molecule has 1 aromatic heterocycles. The van der Waals surface area contributed by atoms with Gasteiger partial charge in [-0.3, -0.25) is 4.79 Å². The second kappa shape index (κ2) is 4.35. The van der Waals surface area contributed by atoms with Crippen molar-refractivity contribution in [3.8, 4) is 0 Å². The predicted molar refractivity (Wildman–Crippen MR) is 70.6 cm³/mol. The first-order valence-corrected chi connectivity index (χ1v) is 6.65. The van der Waals surface area contributed by atoms with Gasteiger partial charge in [0.2, 0.25) is 0 Å². The summed E-state index contributed by atoms with van der Waals surface area (Å²) in [5, 5.41) is 7.79. The molecule has 0 N–H and O–H groups in total. The summed E-state index contributed by atoms with van der Waals surface area (Å²) in [5.41, 5.74) is 2.33. The summed E-state index contributed by atoms with van der Waals surface area (Å²) in [5.74, 6) is 0.192. The van der Waals surface area contributed by atoms with E-state index < -0.39 is 0 Å². The molecule has 2 aromatic rings. The van der Waals surface area contributed by atoms with Gasteiger partial charge in [-0.05, 0) is 42.2 Å². The van der Waals surface area contributed by atoms with Crippen LogP contribution in [0.1, 0.15) is 19.8 Å². The van der Waals surface area contributed by atoms with E-state index in [2.05, 4.69) is 31.1 Å². The highest BCUT2D eigenvalue weighted by Crippen LogP contribution is 2.33. The Hall–Kier alpha value is -1.43. The Balaban J connectivity index is 2.13. The number of rotatable bonds is 2. The average Bonchev–Trinajstić information content (AvgIpc) is 2.95. The van der Waals surface area contributed by atoms with Crippen LogP contribution in [-0.4, -0.2) is 28.7 Å². The van der Waals surface area contributed by atoms with E-state index in [0.29, 0.717) is 11.0 Å². The molecule has 0 saturated carbocycles. The second-order valence-electron chi connectivity index (χ2n) is 4.52. The second-order valence-corrected chi connectivity index (χ2v) is 5.43. The Kier molecular flexibility index (Phi) is 2.81. The summed E-state index contributed by atoms with van der Waals surface area (Å²) in [6.45, 7) is 2.50. The molecular weight excluding hydrogens is 298 g/mol. The third-order valence-electron chi connectivity index (χ3n) is 3.34. The van der Waals surface area contributed by atoms with Crippen LogP contribution in [0.25, 0.3) is 11.0 Å². The maximum atomic E-state index is 11.7. The molecule has 0 bridgehead atoms. The summed E-state index contributed by atoms with van der Waals surface area (Å²) >= 11 is 3.45. The van der Waals surface area contributed by atoms with Crippen molar-refractivity contribution in [1.82, 2.24) is 10.3 Å². The lowest BCUT2D eigenvalue weighted by Crippen LogP contribution is -2.34. The number of benzene rings is 1. The zero-order valence-corrected chi connectivity index (χ0v) is 11.5. The van der Waals surface area contributed by atoms with Gasteiger partial charge in [0, 0.05) is 11.0 Å². The van der Waals surface area contributed by atoms with Crippen LogP contribution < -0.4 is 4.90 Å². The Morgan fingerprint density at radius 3 is 3.11 bits per heavy atom. The number of hydrogen-bond donors (Lipinski definition) is 0. The highest BCUT2D eigenvalue weighted by molar-refractivity contribution is 9.10. The van der Waals surface area contributed by atoms with E-state index in [1.165, 1.54) is 0 Å². The first kappa shape index (κ1) is 11.6. The number of ketones is 1. The van der Waals surface area contributed by atoms with E-state index in [9.17, 15) is 4.79 Å². The van der Waals surface area contributed by atoms with Gasteiger partial charge < -0.3 is 4.90 Å². The van der Waals surface area contributed by atoms with Gasteiger partial charge >= 0.3 is 0 Å². The van der Waals surface area contributed by atoms with Crippen molar-refractivity contribution < 1.29 is 9.42 Å². The summed E-state index contributed by atoms with van der Waals surface area (Å²) < 4.78 is 5.70. The van der Waals surface area contributed by atoms with Gasteiger partial charge in [0.1, 0.15) is 5.52 Å². The molecule has 1 fully saturated rings. The molecule has 0 spiro atoms. The van der Waals surface area contributed by atoms with Crippen molar-refractivity contribution in [3.05, 3.63) is 16.6 Å². The first-order valence-electron chi connectivity index (χ1n) is 5.86. The lowest BCUT2D eigenvalue weighted by molar-refractivity contribution is -0.118. The van der Waals surface area contributed by atoms with Gasteiger partial charge in [0.05, 0.1) is 11.7 Å². The number of carbonyl (C=O) groups is 1.